The van der Waals surface area contributed by atoms with Crippen LogP contribution in [0.5, 0.6) is 6.01 Å². The van der Waals surface area contributed by atoms with Gasteiger partial charge in [-0.25, -0.2) is 8.78 Å². The highest BCUT2D eigenvalue weighted by Crippen LogP contribution is 2.37. The molecule has 3 aromatic rings. The summed E-state index contributed by atoms with van der Waals surface area (Å²) in [5.41, 5.74) is -0.476. The van der Waals surface area contributed by atoms with Gasteiger partial charge in [0.15, 0.2) is 11.8 Å². The first-order valence-corrected chi connectivity index (χ1v) is 11.4. The number of halogens is 5. The predicted octanol–water partition coefficient (Wildman–Crippen LogP) is 3.88. The molecule has 1 aliphatic heterocycles. The number of carbonyl (C=O) groups excluding carboxylic acids is 1. The number of piperidine rings is 1. The van der Waals surface area contributed by atoms with Gasteiger partial charge >= 0.3 is 12.2 Å². The molecule has 5 rings (SSSR count). The molecule has 0 bridgehead atoms. The van der Waals surface area contributed by atoms with Crippen molar-refractivity contribution in [3.63, 3.8) is 0 Å². The molecule has 2 aliphatic rings. The number of carbonyl (C=O) groups is 1. The lowest BCUT2D eigenvalue weighted by atomic mass is 9.94. The van der Waals surface area contributed by atoms with Crippen molar-refractivity contribution in [2.45, 2.75) is 50.3 Å². The first-order chi connectivity index (χ1) is 17.1. The van der Waals surface area contributed by atoms with Gasteiger partial charge in [0.25, 0.3) is 11.8 Å². The summed E-state index contributed by atoms with van der Waals surface area (Å²) >= 11 is 0. The van der Waals surface area contributed by atoms with Crippen LogP contribution >= 0.6 is 0 Å². The van der Waals surface area contributed by atoms with Crippen molar-refractivity contribution in [3.05, 3.63) is 59.2 Å². The van der Waals surface area contributed by atoms with Gasteiger partial charge in [-0.2, -0.15) is 38.1 Å². The van der Waals surface area contributed by atoms with Crippen LogP contribution < -0.4 is 4.74 Å². The van der Waals surface area contributed by atoms with Crippen LogP contribution in [-0.2, 0) is 19.0 Å². The van der Waals surface area contributed by atoms with E-state index in [1.807, 2.05) is 0 Å². The molecule has 2 aromatic heterocycles. The number of fused-ring (bicyclic) bond motifs is 1. The fraction of sp³-hybridized carbons (Fsp3) is 0.435. The third-order valence-corrected chi connectivity index (χ3v) is 6.31. The van der Waals surface area contributed by atoms with Crippen molar-refractivity contribution in [1.29, 1.82) is 0 Å². The minimum atomic E-state index is -4.77. The number of ether oxygens (including phenoxy) is 1. The number of rotatable bonds is 4. The monoisotopic (exact) mass is 508 g/mol. The summed E-state index contributed by atoms with van der Waals surface area (Å²) in [6.07, 6.45) is -2.93. The summed E-state index contributed by atoms with van der Waals surface area (Å²) in [6, 6.07) is 5.66. The van der Waals surface area contributed by atoms with E-state index in [4.69, 9.17) is 4.74 Å². The van der Waals surface area contributed by atoms with Crippen LogP contribution in [0, 0.1) is 0 Å². The zero-order chi connectivity index (χ0) is 25.5. The molecule has 0 N–H and O–H groups in total. The fourth-order valence-corrected chi connectivity index (χ4v) is 4.50. The van der Waals surface area contributed by atoms with Crippen LogP contribution in [0.15, 0.2) is 36.7 Å². The molecule has 13 heteroatoms. The maximum absolute atomic E-state index is 14.8. The third kappa shape index (κ3) is 4.61. The largest absolute Gasteiger partial charge is 0.452 e. The van der Waals surface area contributed by atoms with E-state index in [-0.39, 0.29) is 36.2 Å². The Kier molecular flexibility index (Phi) is 6.08. The molecule has 36 heavy (non-hydrogen) atoms. The van der Waals surface area contributed by atoms with Crippen molar-refractivity contribution >= 4 is 5.91 Å². The smallest absolute Gasteiger partial charge is 0.433 e. The molecule has 8 nitrogen and oxygen atoms in total. The Balaban J connectivity index is 1.42. The molecule has 0 saturated carbocycles. The van der Waals surface area contributed by atoms with Gasteiger partial charge in [-0.3, -0.25) is 4.79 Å². The van der Waals surface area contributed by atoms with Crippen LogP contribution in [0.2, 0.25) is 0 Å². The number of alkyl halides is 5. The second-order valence-corrected chi connectivity index (χ2v) is 8.69. The number of hydrogen-bond donors (Lipinski definition) is 0. The SMILES string of the molecule is O=C(c1ccccc1-n1nccn1)N1CCC(F)(F)C(Oc2nc3c(c(C(F)(F)F)n2)CCCC3)C1. The maximum atomic E-state index is 14.8. The minimum Gasteiger partial charge on any atom is -0.452 e. The van der Waals surface area contributed by atoms with Crippen LogP contribution in [0.25, 0.3) is 5.69 Å². The average Bonchev–Trinajstić information content (AvgIpc) is 3.39. The normalized spacial score (nSPS) is 19.6. The zero-order valence-corrected chi connectivity index (χ0v) is 18.9. The molecular formula is C23H21F5N6O2. The van der Waals surface area contributed by atoms with Gasteiger partial charge in [0.2, 0.25) is 0 Å². The Bertz CT molecular complexity index is 1260. The average molecular weight is 508 g/mol. The number of aryl methyl sites for hydroxylation is 1. The molecule has 0 radical (unpaired) electrons. The first-order valence-electron chi connectivity index (χ1n) is 11.4. The number of para-hydroxylation sites is 1. The van der Waals surface area contributed by atoms with Gasteiger partial charge < -0.3 is 9.64 Å². The van der Waals surface area contributed by atoms with E-state index in [0.717, 1.165) is 0 Å². The summed E-state index contributed by atoms with van der Waals surface area (Å²) in [4.78, 5) is 23.2. The Labute approximate surface area is 202 Å². The highest BCUT2D eigenvalue weighted by Gasteiger charge is 2.48. The quantitative estimate of drug-likeness (QED) is 0.498. The summed E-state index contributed by atoms with van der Waals surface area (Å²) in [6.45, 7) is -0.833. The fourth-order valence-electron chi connectivity index (χ4n) is 4.50. The second-order valence-electron chi connectivity index (χ2n) is 8.69. The molecular weight excluding hydrogens is 487 g/mol. The maximum Gasteiger partial charge on any atom is 0.433 e. The van der Waals surface area contributed by atoms with E-state index < -0.39 is 48.8 Å². The highest BCUT2D eigenvalue weighted by molar-refractivity contribution is 5.97. The molecule has 0 spiro atoms. The van der Waals surface area contributed by atoms with Crippen LogP contribution in [-0.4, -0.2) is 60.9 Å². The molecule has 190 valence electrons. The van der Waals surface area contributed by atoms with Gasteiger partial charge in [0.05, 0.1) is 35.9 Å². The van der Waals surface area contributed by atoms with Crippen LogP contribution in [0.4, 0.5) is 22.0 Å². The van der Waals surface area contributed by atoms with E-state index in [1.54, 1.807) is 18.2 Å². The summed E-state index contributed by atoms with van der Waals surface area (Å²) in [7, 11) is 0. The van der Waals surface area contributed by atoms with Gasteiger partial charge in [-0.1, -0.05) is 12.1 Å². The van der Waals surface area contributed by atoms with Crippen LogP contribution in [0.1, 0.15) is 46.6 Å². The standard InChI is InChI=1S/C23H21F5N6O2/c24-22(25)9-12-33(20(35)15-6-2-4-8-17(15)34-29-10-11-30-34)13-18(22)36-21-31-16-7-3-1-5-14(16)19(32-21)23(26,27)28/h2,4,6,8,10-11,18H,1,3,5,7,9,12-13H2. The second kappa shape index (κ2) is 9.10. The highest BCUT2D eigenvalue weighted by atomic mass is 19.4. The zero-order valence-electron chi connectivity index (χ0n) is 18.9. The molecule has 1 fully saturated rings. The molecule has 3 heterocycles. The summed E-state index contributed by atoms with van der Waals surface area (Å²) < 4.78 is 75.8. The Morgan fingerprint density at radius 3 is 2.53 bits per heavy atom. The molecule has 1 amide bonds. The molecule has 1 aromatic carbocycles. The number of hydrogen-bond acceptors (Lipinski definition) is 6. The van der Waals surface area contributed by atoms with Crippen LogP contribution in [0.3, 0.4) is 0 Å². The van der Waals surface area contributed by atoms with E-state index in [2.05, 4.69) is 20.2 Å². The van der Waals surface area contributed by atoms with Crippen molar-refractivity contribution in [2.24, 2.45) is 0 Å². The molecule has 1 atom stereocenters. The molecule has 1 aliphatic carbocycles. The van der Waals surface area contributed by atoms with E-state index in [0.29, 0.717) is 18.5 Å². The van der Waals surface area contributed by atoms with Crippen molar-refractivity contribution in [3.8, 4) is 11.7 Å². The van der Waals surface area contributed by atoms with Gasteiger partial charge in [-0.15, -0.1) is 0 Å². The number of nitrogens with zero attached hydrogens (tertiary/aromatic N) is 6. The van der Waals surface area contributed by atoms with E-state index >= 15 is 0 Å². The Morgan fingerprint density at radius 1 is 1.06 bits per heavy atom. The molecule has 1 saturated heterocycles. The van der Waals surface area contributed by atoms with Gasteiger partial charge in [-0.05, 0) is 37.8 Å². The van der Waals surface area contributed by atoms with Crippen molar-refractivity contribution in [1.82, 2.24) is 29.9 Å². The van der Waals surface area contributed by atoms with Crippen molar-refractivity contribution < 1.29 is 31.5 Å². The Hall–Kier alpha value is -3.64. The first kappa shape index (κ1) is 24.1. The predicted molar refractivity (Wildman–Crippen MR) is 115 cm³/mol. The third-order valence-electron chi connectivity index (χ3n) is 6.31. The molecule has 1 unspecified atom stereocenters. The lowest BCUT2D eigenvalue weighted by molar-refractivity contribution is -0.144. The number of benzene rings is 1. The van der Waals surface area contributed by atoms with E-state index in [1.165, 1.54) is 28.2 Å². The van der Waals surface area contributed by atoms with Gasteiger partial charge in [0, 0.05) is 18.5 Å². The van der Waals surface area contributed by atoms with E-state index in [9.17, 15) is 26.7 Å². The minimum absolute atomic E-state index is 0.0165. The number of aromatic nitrogens is 5. The lowest BCUT2D eigenvalue weighted by Crippen LogP contribution is -2.55. The summed E-state index contributed by atoms with van der Waals surface area (Å²) in [5, 5.41) is 8.03. The van der Waals surface area contributed by atoms with Crippen molar-refractivity contribution in [2.75, 3.05) is 13.1 Å². The van der Waals surface area contributed by atoms with Gasteiger partial charge in [0.1, 0.15) is 0 Å². The summed E-state index contributed by atoms with van der Waals surface area (Å²) in [5.74, 6) is -3.97. The Morgan fingerprint density at radius 2 is 1.78 bits per heavy atom. The number of likely N-dealkylation sites (tertiary alicyclic amines) is 1. The lowest BCUT2D eigenvalue weighted by Gasteiger charge is -2.38. The topological polar surface area (TPSA) is 86.0 Å². The number of amides is 1.